The number of hydrogen-bond donors (Lipinski definition) is 1. The molecule has 168 valence electrons. The van der Waals surface area contributed by atoms with E-state index in [9.17, 15) is 14.7 Å². The fraction of sp³-hybridized carbons (Fsp3) is 0.185. The number of aryl methyl sites for hydroxylation is 2. The molecule has 33 heavy (non-hydrogen) atoms. The molecular formula is C27H25NO5. The Labute approximate surface area is 192 Å². The van der Waals surface area contributed by atoms with E-state index in [1.165, 1.54) is 12.0 Å². The molecule has 6 nitrogen and oxygen atoms in total. The van der Waals surface area contributed by atoms with Gasteiger partial charge < -0.3 is 14.6 Å². The van der Waals surface area contributed by atoms with E-state index < -0.39 is 17.7 Å². The van der Waals surface area contributed by atoms with Crippen LogP contribution in [0.1, 0.15) is 28.3 Å². The van der Waals surface area contributed by atoms with Crippen molar-refractivity contribution >= 4 is 23.1 Å². The van der Waals surface area contributed by atoms with Crippen molar-refractivity contribution in [3.8, 4) is 11.5 Å². The van der Waals surface area contributed by atoms with Crippen LogP contribution in [0, 0.1) is 13.8 Å². The average molecular weight is 443 g/mol. The van der Waals surface area contributed by atoms with Crippen molar-refractivity contribution in [1.82, 2.24) is 0 Å². The number of carbonyl (C=O) groups is 2. The van der Waals surface area contributed by atoms with E-state index in [2.05, 4.69) is 0 Å². The molecule has 1 unspecified atom stereocenters. The van der Waals surface area contributed by atoms with Crippen molar-refractivity contribution in [3.63, 3.8) is 0 Å². The molecule has 1 saturated heterocycles. The third kappa shape index (κ3) is 3.84. The molecule has 0 bridgehead atoms. The van der Waals surface area contributed by atoms with E-state index >= 15 is 0 Å². The lowest BCUT2D eigenvalue weighted by molar-refractivity contribution is -0.132. The number of methoxy groups -OCH3 is 2. The summed E-state index contributed by atoms with van der Waals surface area (Å²) in [6.45, 7) is 3.81. The number of rotatable bonds is 5. The van der Waals surface area contributed by atoms with Crippen LogP contribution in [0.4, 0.5) is 5.69 Å². The topological polar surface area (TPSA) is 76.1 Å². The molecule has 0 aliphatic carbocycles. The number of Topliss-reactive ketones (excluding diaryl/α,β-unsaturated/α-hetero) is 1. The largest absolute Gasteiger partial charge is 0.507 e. The number of amides is 1. The number of carbonyl (C=O) groups excluding carboxylic acids is 2. The predicted molar refractivity (Wildman–Crippen MR) is 127 cm³/mol. The molecule has 1 N–H and O–H groups in total. The molecule has 1 heterocycles. The number of nitrogens with zero attached hydrogens (tertiary/aromatic N) is 1. The van der Waals surface area contributed by atoms with Gasteiger partial charge in [-0.2, -0.15) is 0 Å². The number of ketones is 1. The van der Waals surface area contributed by atoms with Gasteiger partial charge in [-0.25, -0.2) is 0 Å². The van der Waals surface area contributed by atoms with Crippen LogP contribution in [0.3, 0.4) is 0 Å². The van der Waals surface area contributed by atoms with Gasteiger partial charge in [0.25, 0.3) is 11.7 Å². The molecule has 0 radical (unpaired) electrons. The SMILES string of the molecule is COc1ccc(/C(O)=C2\C(=O)C(=O)N(c3cc(C)ccc3C)C2c2ccccc2OC)cc1. The minimum absolute atomic E-state index is 0.00979. The first kappa shape index (κ1) is 22.1. The van der Waals surface area contributed by atoms with Gasteiger partial charge in [0.1, 0.15) is 17.3 Å². The maximum absolute atomic E-state index is 13.4. The number of para-hydroxylation sites is 1. The Hall–Kier alpha value is -4.06. The number of hydrogen-bond acceptors (Lipinski definition) is 5. The summed E-state index contributed by atoms with van der Waals surface area (Å²) in [6, 6.07) is 18.8. The van der Waals surface area contributed by atoms with Gasteiger partial charge >= 0.3 is 0 Å². The summed E-state index contributed by atoms with van der Waals surface area (Å²) in [7, 11) is 3.08. The minimum Gasteiger partial charge on any atom is -0.507 e. The van der Waals surface area contributed by atoms with Crippen LogP contribution in [0.5, 0.6) is 11.5 Å². The van der Waals surface area contributed by atoms with Crippen LogP contribution in [0.25, 0.3) is 5.76 Å². The van der Waals surface area contributed by atoms with Gasteiger partial charge in [-0.15, -0.1) is 0 Å². The van der Waals surface area contributed by atoms with E-state index in [0.29, 0.717) is 28.3 Å². The Balaban J connectivity index is 1.99. The monoisotopic (exact) mass is 443 g/mol. The van der Waals surface area contributed by atoms with Crippen LogP contribution in [0.15, 0.2) is 72.3 Å². The highest BCUT2D eigenvalue weighted by molar-refractivity contribution is 6.51. The zero-order chi connectivity index (χ0) is 23.7. The van der Waals surface area contributed by atoms with E-state index in [-0.39, 0.29) is 11.3 Å². The molecule has 4 rings (SSSR count). The summed E-state index contributed by atoms with van der Waals surface area (Å²) < 4.78 is 10.7. The Kier molecular flexibility index (Phi) is 5.92. The Morgan fingerprint density at radius 2 is 1.61 bits per heavy atom. The quantitative estimate of drug-likeness (QED) is 0.343. The molecule has 1 fully saturated rings. The van der Waals surface area contributed by atoms with Crippen LogP contribution in [-0.4, -0.2) is 31.0 Å². The van der Waals surface area contributed by atoms with Crippen molar-refractivity contribution in [1.29, 1.82) is 0 Å². The number of aliphatic hydroxyl groups is 1. The van der Waals surface area contributed by atoms with Gasteiger partial charge in [0, 0.05) is 16.8 Å². The van der Waals surface area contributed by atoms with E-state index in [4.69, 9.17) is 9.47 Å². The predicted octanol–water partition coefficient (Wildman–Crippen LogP) is 4.95. The summed E-state index contributed by atoms with van der Waals surface area (Å²) in [4.78, 5) is 28.2. The summed E-state index contributed by atoms with van der Waals surface area (Å²) in [5.41, 5.74) is 3.43. The summed E-state index contributed by atoms with van der Waals surface area (Å²) in [5.74, 6) is -0.571. The van der Waals surface area contributed by atoms with Gasteiger partial charge in [0.15, 0.2) is 0 Å². The Morgan fingerprint density at radius 3 is 2.27 bits per heavy atom. The number of aliphatic hydroxyl groups excluding tert-OH is 1. The van der Waals surface area contributed by atoms with Crippen molar-refractivity contribution in [3.05, 3.63) is 94.6 Å². The first-order valence-electron chi connectivity index (χ1n) is 10.5. The molecule has 1 aliphatic heterocycles. The van der Waals surface area contributed by atoms with Crippen molar-refractivity contribution in [2.24, 2.45) is 0 Å². The molecule has 6 heteroatoms. The molecule has 1 atom stereocenters. The molecule has 0 saturated carbocycles. The van der Waals surface area contributed by atoms with E-state index in [0.717, 1.165) is 11.1 Å². The zero-order valence-electron chi connectivity index (χ0n) is 19.0. The van der Waals surface area contributed by atoms with Crippen LogP contribution < -0.4 is 14.4 Å². The molecule has 3 aromatic rings. The number of anilines is 1. The molecule has 1 amide bonds. The van der Waals surface area contributed by atoms with Gasteiger partial charge in [-0.3, -0.25) is 14.5 Å². The normalized spacial score (nSPS) is 17.3. The fourth-order valence-corrected chi connectivity index (χ4v) is 4.15. The molecule has 3 aromatic carbocycles. The summed E-state index contributed by atoms with van der Waals surface area (Å²) in [6.07, 6.45) is 0. The highest BCUT2D eigenvalue weighted by Crippen LogP contribution is 2.45. The van der Waals surface area contributed by atoms with Gasteiger partial charge in [-0.1, -0.05) is 30.3 Å². The smallest absolute Gasteiger partial charge is 0.300 e. The van der Waals surface area contributed by atoms with Crippen LogP contribution >= 0.6 is 0 Å². The minimum atomic E-state index is -0.858. The lowest BCUT2D eigenvalue weighted by Gasteiger charge is -2.28. The molecule has 0 aromatic heterocycles. The van der Waals surface area contributed by atoms with Gasteiger partial charge in [0.2, 0.25) is 0 Å². The van der Waals surface area contributed by atoms with Crippen LogP contribution in [-0.2, 0) is 9.59 Å². The first-order valence-corrected chi connectivity index (χ1v) is 10.5. The second kappa shape index (κ2) is 8.82. The Bertz CT molecular complexity index is 1260. The van der Waals surface area contributed by atoms with E-state index in [1.54, 1.807) is 43.5 Å². The van der Waals surface area contributed by atoms with Crippen molar-refractivity contribution in [2.45, 2.75) is 19.9 Å². The third-order valence-corrected chi connectivity index (χ3v) is 5.87. The molecule has 1 aliphatic rings. The molecule has 0 spiro atoms. The number of ether oxygens (including phenoxy) is 2. The van der Waals surface area contributed by atoms with Gasteiger partial charge in [-0.05, 0) is 61.4 Å². The maximum atomic E-state index is 13.4. The summed E-state index contributed by atoms with van der Waals surface area (Å²) >= 11 is 0. The first-order chi connectivity index (χ1) is 15.9. The van der Waals surface area contributed by atoms with Gasteiger partial charge in [0.05, 0.1) is 25.8 Å². The molecular weight excluding hydrogens is 418 g/mol. The standard InChI is InChI=1S/C27H25NO5/c1-16-9-10-17(2)21(15-16)28-24(20-7-5-6-8-22(20)33-4)23(26(30)27(28)31)25(29)18-11-13-19(32-3)14-12-18/h5-15,24,29H,1-4H3/b25-23+. The fourth-order valence-electron chi connectivity index (χ4n) is 4.15. The lowest BCUT2D eigenvalue weighted by Crippen LogP contribution is -2.30. The highest BCUT2D eigenvalue weighted by Gasteiger charge is 2.48. The zero-order valence-corrected chi connectivity index (χ0v) is 19.0. The van der Waals surface area contributed by atoms with Crippen molar-refractivity contribution in [2.75, 3.05) is 19.1 Å². The Morgan fingerprint density at radius 1 is 0.909 bits per heavy atom. The summed E-state index contributed by atoms with van der Waals surface area (Å²) in [5, 5.41) is 11.3. The number of benzene rings is 3. The van der Waals surface area contributed by atoms with Crippen molar-refractivity contribution < 1.29 is 24.2 Å². The second-order valence-corrected chi connectivity index (χ2v) is 7.93. The maximum Gasteiger partial charge on any atom is 0.300 e. The third-order valence-electron chi connectivity index (χ3n) is 5.87. The highest BCUT2D eigenvalue weighted by atomic mass is 16.5. The second-order valence-electron chi connectivity index (χ2n) is 7.93. The van der Waals surface area contributed by atoms with Crippen LogP contribution in [0.2, 0.25) is 0 Å². The van der Waals surface area contributed by atoms with E-state index in [1.807, 2.05) is 44.2 Å². The average Bonchev–Trinajstić information content (AvgIpc) is 3.10. The lowest BCUT2D eigenvalue weighted by atomic mass is 9.94.